The molecule has 1 fully saturated rings. The molecule has 0 bridgehead atoms. The first-order valence-corrected chi connectivity index (χ1v) is 19.1. The summed E-state index contributed by atoms with van der Waals surface area (Å²) in [6, 6.07) is 20.2. The zero-order chi connectivity index (χ0) is 40.7. The molecule has 0 amide bonds. The Bertz CT molecular complexity index is 2530. The number of carboxylic acids is 1. The lowest BCUT2D eigenvalue weighted by atomic mass is 9.72. The number of aromatic carboxylic acids is 1. The summed E-state index contributed by atoms with van der Waals surface area (Å²) in [7, 11) is -4.11. The number of carbonyl (C=O) groups excluding carboxylic acids is 2. The molecule has 2 aliphatic rings. The van der Waals surface area contributed by atoms with Crippen LogP contribution in [-0.2, 0) is 21.4 Å². The monoisotopic (exact) mass is 826 g/mol. The SMILES string of the molecule is NS(=O)(=O)c1cc(C(=O)O)c(NCc2ccco2)cc1Cl.O=C1C(=O)c2ccccc2C(O)=C1C1CCC(c2ccc(Cl)cc2)CC1.O=c1[nH]cc(F)c(=O)[nH]1. The Hall–Kier alpha value is -5.81. The zero-order valence-corrected chi connectivity index (χ0v) is 31.4. The van der Waals surface area contributed by atoms with Gasteiger partial charge < -0.3 is 24.9 Å². The Morgan fingerprint density at radius 2 is 1.55 bits per heavy atom. The summed E-state index contributed by atoms with van der Waals surface area (Å²) in [4.78, 5) is 59.8. The van der Waals surface area contributed by atoms with Crippen molar-refractivity contribution in [3.63, 3.8) is 0 Å². The Morgan fingerprint density at radius 1 is 0.911 bits per heavy atom. The number of benzene rings is 3. The van der Waals surface area contributed by atoms with Crippen LogP contribution < -0.4 is 21.7 Å². The van der Waals surface area contributed by atoms with E-state index in [1.165, 1.54) is 17.9 Å². The van der Waals surface area contributed by atoms with Gasteiger partial charge in [-0.15, -0.1) is 0 Å². The van der Waals surface area contributed by atoms with Gasteiger partial charge in [0.25, 0.3) is 5.56 Å². The summed E-state index contributed by atoms with van der Waals surface area (Å²) in [6.07, 6.45) is 5.60. The van der Waals surface area contributed by atoms with Gasteiger partial charge >= 0.3 is 11.7 Å². The third kappa shape index (κ3) is 9.89. The van der Waals surface area contributed by atoms with Crippen LogP contribution in [0, 0.1) is 11.7 Å². The minimum atomic E-state index is -4.11. The summed E-state index contributed by atoms with van der Waals surface area (Å²) in [5.41, 5.74) is 0.539. The number of aromatic amines is 2. The average molecular weight is 828 g/mol. The first kappa shape index (κ1) is 41.4. The topological polar surface area (TPSA) is 243 Å². The van der Waals surface area contributed by atoms with Crippen LogP contribution in [0.4, 0.5) is 10.1 Å². The second-order valence-electron chi connectivity index (χ2n) is 12.6. The van der Waals surface area contributed by atoms with Gasteiger partial charge in [-0.1, -0.05) is 59.6 Å². The first-order valence-electron chi connectivity index (χ1n) is 16.8. The number of fused-ring (bicyclic) bond motifs is 1. The summed E-state index contributed by atoms with van der Waals surface area (Å²) in [5.74, 6) is -2.42. The number of nitrogens with two attached hydrogens (primary N) is 1. The largest absolute Gasteiger partial charge is 0.507 e. The molecular formula is C38H33Cl2FN4O10S. The van der Waals surface area contributed by atoms with E-state index < -0.39 is 49.5 Å². The molecule has 0 radical (unpaired) electrons. The summed E-state index contributed by atoms with van der Waals surface area (Å²) in [5, 5.41) is 28.2. The molecule has 14 nitrogen and oxygen atoms in total. The fourth-order valence-electron chi connectivity index (χ4n) is 6.30. The van der Waals surface area contributed by atoms with Crippen LogP contribution in [0.3, 0.4) is 0 Å². The van der Waals surface area contributed by atoms with Crippen molar-refractivity contribution in [2.45, 2.75) is 43.0 Å². The summed E-state index contributed by atoms with van der Waals surface area (Å²) < 4.78 is 39.8. The molecule has 0 aliphatic heterocycles. The molecule has 7 N–H and O–H groups in total. The molecular weight excluding hydrogens is 794 g/mol. The van der Waals surface area contributed by atoms with Crippen molar-refractivity contribution in [3.8, 4) is 0 Å². The number of Topliss-reactive ketones (excluding diaryl/α,β-unsaturated/α-hetero) is 2. The van der Waals surface area contributed by atoms with Gasteiger partial charge in [-0.25, -0.2) is 23.1 Å². The number of carbonyl (C=O) groups is 3. The van der Waals surface area contributed by atoms with E-state index in [0.29, 0.717) is 34.6 Å². The Kier molecular flexibility index (Phi) is 13.1. The van der Waals surface area contributed by atoms with Crippen LogP contribution in [0.1, 0.15) is 69.2 Å². The smallest absolute Gasteiger partial charge is 0.337 e. The van der Waals surface area contributed by atoms with Crippen molar-refractivity contribution in [1.29, 1.82) is 0 Å². The molecule has 0 unspecified atom stereocenters. The predicted molar refractivity (Wildman–Crippen MR) is 205 cm³/mol. The molecule has 0 saturated heterocycles. The van der Waals surface area contributed by atoms with Gasteiger partial charge in [0.15, 0.2) is 0 Å². The van der Waals surface area contributed by atoms with Gasteiger partial charge in [0.2, 0.25) is 27.4 Å². The Labute approximate surface area is 327 Å². The van der Waals surface area contributed by atoms with E-state index in [2.05, 4.69) is 17.4 Å². The molecule has 292 valence electrons. The number of nitrogens with one attached hydrogen (secondary N) is 3. The number of sulfonamides is 1. The lowest BCUT2D eigenvalue weighted by Gasteiger charge is -2.31. The van der Waals surface area contributed by atoms with Crippen LogP contribution in [0.5, 0.6) is 0 Å². The lowest BCUT2D eigenvalue weighted by molar-refractivity contribution is -0.112. The van der Waals surface area contributed by atoms with Crippen molar-refractivity contribution in [1.82, 2.24) is 9.97 Å². The van der Waals surface area contributed by atoms with Gasteiger partial charge in [-0.3, -0.25) is 19.4 Å². The third-order valence-electron chi connectivity index (χ3n) is 9.03. The number of aliphatic hydroxyl groups is 1. The molecule has 2 aromatic heterocycles. The number of primary sulfonamides is 1. The van der Waals surface area contributed by atoms with Crippen LogP contribution in [0.25, 0.3) is 5.76 Å². The van der Waals surface area contributed by atoms with E-state index in [4.69, 9.17) is 37.9 Å². The maximum atomic E-state index is 12.6. The maximum Gasteiger partial charge on any atom is 0.337 e. The number of H-pyrrole nitrogens is 2. The van der Waals surface area contributed by atoms with Crippen molar-refractivity contribution < 1.29 is 41.8 Å². The number of rotatable bonds is 7. The van der Waals surface area contributed by atoms with Crippen LogP contribution in [-0.4, -0.2) is 46.1 Å². The third-order valence-corrected chi connectivity index (χ3v) is 10.7. The quantitative estimate of drug-likeness (QED) is 0.0975. The molecule has 56 heavy (non-hydrogen) atoms. The molecule has 2 heterocycles. The number of ketones is 2. The number of carboxylic acid groups (broad SMARTS) is 1. The van der Waals surface area contributed by atoms with E-state index in [9.17, 15) is 41.9 Å². The summed E-state index contributed by atoms with van der Waals surface area (Å²) in [6.45, 7) is 0.221. The van der Waals surface area contributed by atoms with Crippen LogP contribution in [0.2, 0.25) is 10.0 Å². The molecule has 1 saturated carbocycles. The van der Waals surface area contributed by atoms with E-state index in [1.54, 1.807) is 41.4 Å². The second-order valence-corrected chi connectivity index (χ2v) is 15.0. The number of anilines is 1. The van der Waals surface area contributed by atoms with Crippen molar-refractivity contribution in [2.24, 2.45) is 11.1 Å². The fraction of sp³-hybridized carbons (Fsp3) is 0.184. The van der Waals surface area contributed by atoms with Crippen LogP contribution in [0.15, 0.2) is 110 Å². The van der Waals surface area contributed by atoms with Crippen molar-refractivity contribution in [2.75, 3.05) is 5.32 Å². The minimum Gasteiger partial charge on any atom is -0.507 e. The number of aromatic nitrogens is 2. The van der Waals surface area contributed by atoms with Gasteiger partial charge in [0, 0.05) is 27.9 Å². The molecule has 18 heteroatoms. The highest BCUT2D eigenvalue weighted by atomic mass is 35.5. The highest BCUT2D eigenvalue weighted by Crippen LogP contribution is 2.42. The van der Waals surface area contributed by atoms with E-state index in [0.717, 1.165) is 36.8 Å². The van der Waals surface area contributed by atoms with Gasteiger partial charge in [-0.2, -0.15) is 4.39 Å². The Morgan fingerprint density at radius 3 is 2.12 bits per heavy atom. The minimum absolute atomic E-state index is 0.0138. The molecule has 3 aromatic carbocycles. The van der Waals surface area contributed by atoms with Crippen molar-refractivity contribution in [3.05, 3.63) is 156 Å². The van der Waals surface area contributed by atoms with Crippen LogP contribution >= 0.6 is 23.2 Å². The van der Waals surface area contributed by atoms with Crippen molar-refractivity contribution >= 4 is 62.2 Å². The molecule has 5 aromatic rings. The number of hydrogen-bond donors (Lipinski definition) is 6. The number of furan rings is 1. The standard InChI is InChI=1S/C22H19ClO3.C12H11ClN2O5S.C4H3FN2O2/c23-16-11-9-14(10-12-16)13-5-7-15(8-6-13)19-20(24)17-3-1-2-4-18(17)21(25)22(19)26;13-9-5-10(15-6-7-2-1-3-20-7)8(12(16)17)4-11(9)21(14,18)19;5-2-1-6-4(9)7-3(2)8/h1-4,9-13,15,24H,5-8H2;1-5,15H,6H2,(H,16,17)(H2,14,18,19);1H,(H2,6,7,8,9). The molecule has 0 spiro atoms. The first-order chi connectivity index (χ1) is 26.5. The molecule has 7 rings (SSSR count). The average Bonchev–Trinajstić information content (AvgIpc) is 3.69. The van der Waals surface area contributed by atoms with Gasteiger partial charge in [0.1, 0.15) is 16.4 Å². The normalized spacial score (nSPS) is 16.5. The number of halogens is 3. The fourth-order valence-corrected chi connectivity index (χ4v) is 7.52. The van der Waals surface area contributed by atoms with E-state index in [1.807, 2.05) is 17.1 Å². The highest BCUT2D eigenvalue weighted by molar-refractivity contribution is 7.89. The number of hydrogen-bond acceptors (Lipinski definition) is 10. The molecule has 2 aliphatic carbocycles. The lowest BCUT2D eigenvalue weighted by Crippen LogP contribution is -2.29. The maximum absolute atomic E-state index is 12.6. The van der Waals surface area contributed by atoms with Gasteiger partial charge in [0.05, 0.1) is 29.1 Å². The van der Waals surface area contributed by atoms with E-state index >= 15 is 0 Å². The predicted octanol–water partition coefficient (Wildman–Crippen LogP) is 6.44. The number of aliphatic hydroxyl groups excluding tert-OH is 1. The Balaban J connectivity index is 0.000000179. The highest BCUT2D eigenvalue weighted by Gasteiger charge is 2.38. The van der Waals surface area contributed by atoms with Gasteiger partial charge in [-0.05, 0) is 79.5 Å². The zero-order valence-electron chi connectivity index (χ0n) is 29.1. The number of allylic oxidation sites excluding steroid dienone is 1. The van der Waals surface area contributed by atoms with E-state index in [-0.39, 0.29) is 34.5 Å². The summed E-state index contributed by atoms with van der Waals surface area (Å²) >= 11 is 11.8. The molecule has 0 atom stereocenters. The second kappa shape index (κ2) is 17.8.